The molecule has 1 aliphatic heterocycles. The van der Waals surface area contributed by atoms with Gasteiger partial charge in [0.1, 0.15) is 6.61 Å². The molecule has 1 N–H and O–H groups in total. The standard InChI is InChI=1S/C15H15Cl2N3O2/c16-13-2-1-3-14(17)12(13)9-22-11-6-18-15(19-7-11)20-5-4-10(21)8-20/h1-3,6-7,10,21H,4-5,8-9H2/t10-/m1/s1. The molecule has 1 aromatic heterocycles. The van der Waals surface area contributed by atoms with E-state index in [1.165, 1.54) is 0 Å². The zero-order valence-electron chi connectivity index (χ0n) is 11.7. The molecule has 0 unspecified atom stereocenters. The number of benzene rings is 1. The highest BCUT2D eigenvalue weighted by molar-refractivity contribution is 6.35. The molecule has 22 heavy (non-hydrogen) atoms. The van der Waals surface area contributed by atoms with E-state index in [9.17, 15) is 5.11 Å². The second kappa shape index (κ2) is 6.69. The van der Waals surface area contributed by atoms with Gasteiger partial charge in [-0.15, -0.1) is 0 Å². The van der Waals surface area contributed by atoms with Crippen molar-refractivity contribution in [1.82, 2.24) is 9.97 Å². The summed E-state index contributed by atoms with van der Waals surface area (Å²) in [7, 11) is 0. The summed E-state index contributed by atoms with van der Waals surface area (Å²) in [5.74, 6) is 1.14. The van der Waals surface area contributed by atoms with Crippen LogP contribution < -0.4 is 9.64 Å². The Morgan fingerprint density at radius 1 is 1.23 bits per heavy atom. The highest BCUT2D eigenvalue weighted by Gasteiger charge is 2.22. The lowest BCUT2D eigenvalue weighted by atomic mass is 10.2. The number of ether oxygens (including phenoxy) is 1. The number of aliphatic hydroxyl groups excluding tert-OH is 1. The molecule has 1 saturated heterocycles. The van der Waals surface area contributed by atoms with Crippen LogP contribution in [0.15, 0.2) is 30.6 Å². The number of hydrogen-bond acceptors (Lipinski definition) is 5. The Kier molecular flexibility index (Phi) is 4.66. The predicted molar refractivity (Wildman–Crippen MR) is 85.7 cm³/mol. The van der Waals surface area contributed by atoms with E-state index in [0.717, 1.165) is 18.5 Å². The minimum Gasteiger partial charge on any atom is -0.486 e. The average Bonchev–Trinajstić information content (AvgIpc) is 2.94. The van der Waals surface area contributed by atoms with Crippen molar-refractivity contribution in [3.63, 3.8) is 0 Å². The summed E-state index contributed by atoms with van der Waals surface area (Å²) in [5.41, 5.74) is 0.734. The summed E-state index contributed by atoms with van der Waals surface area (Å²) in [5, 5.41) is 10.7. The summed E-state index contributed by atoms with van der Waals surface area (Å²) in [6, 6.07) is 5.32. The number of hydrogen-bond donors (Lipinski definition) is 1. The highest BCUT2D eigenvalue weighted by Crippen LogP contribution is 2.26. The zero-order valence-corrected chi connectivity index (χ0v) is 13.3. The molecule has 7 heteroatoms. The first kappa shape index (κ1) is 15.3. The SMILES string of the molecule is O[C@@H]1CCN(c2ncc(OCc3c(Cl)cccc3Cl)cn2)C1. The molecular weight excluding hydrogens is 325 g/mol. The summed E-state index contributed by atoms with van der Waals surface area (Å²) < 4.78 is 5.63. The summed E-state index contributed by atoms with van der Waals surface area (Å²) >= 11 is 12.2. The molecule has 2 aromatic rings. The summed E-state index contributed by atoms with van der Waals surface area (Å²) in [4.78, 5) is 10.5. The van der Waals surface area contributed by atoms with Crippen LogP contribution >= 0.6 is 23.2 Å². The van der Waals surface area contributed by atoms with Gasteiger partial charge in [-0.25, -0.2) is 9.97 Å². The van der Waals surface area contributed by atoms with E-state index >= 15 is 0 Å². The molecule has 2 heterocycles. The van der Waals surface area contributed by atoms with Gasteiger partial charge in [0.25, 0.3) is 0 Å². The molecule has 0 spiro atoms. The van der Waals surface area contributed by atoms with Crippen LogP contribution in [0.1, 0.15) is 12.0 Å². The molecule has 5 nitrogen and oxygen atoms in total. The number of aromatic nitrogens is 2. The first-order chi connectivity index (χ1) is 10.6. The zero-order chi connectivity index (χ0) is 15.5. The van der Waals surface area contributed by atoms with Crippen LogP contribution in [-0.2, 0) is 6.61 Å². The maximum absolute atomic E-state index is 9.53. The molecule has 116 valence electrons. The molecular formula is C15H15Cl2N3O2. The van der Waals surface area contributed by atoms with Gasteiger partial charge in [-0.3, -0.25) is 0 Å². The third-order valence-electron chi connectivity index (χ3n) is 3.51. The highest BCUT2D eigenvalue weighted by atomic mass is 35.5. The Morgan fingerprint density at radius 2 is 1.91 bits per heavy atom. The van der Waals surface area contributed by atoms with Gasteiger partial charge in [0.2, 0.25) is 5.95 Å². The minimum absolute atomic E-state index is 0.254. The Balaban J connectivity index is 1.64. The van der Waals surface area contributed by atoms with Crippen molar-refractivity contribution in [1.29, 1.82) is 0 Å². The van der Waals surface area contributed by atoms with E-state index in [-0.39, 0.29) is 12.7 Å². The number of β-amino-alcohol motifs (C(OH)–C–C–N with tert-alkyl or cyclic N) is 1. The van der Waals surface area contributed by atoms with Crippen molar-refractivity contribution in [2.24, 2.45) is 0 Å². The van der Waals surface area contributed by atoms with Crippen LogP contribution in [0.4, 0.5) is 5.95 Å². The maximum Gasteiger partial charge on any atom is 0.225 e. The van der Waals surface area contributed by atoms with Gasteiger partial charge >= 0.3 is 0 Å². The van der Waals surface area contributed by atoms with Crippen molar-refractivity contribution < 1.29 is 9.84 Å². The molecule has 1 fully saturated rings. The second-order valence-corrected chi connectivity index (χ2v) is 5.91. The van der Waals surface area contributed by atoms with Gasteiger partial charge < -0.3 is 14.7 Å². The molecule has 0 amide bonds. The molecule has 0 bridgehead atoms. The molecule has 1 atom stereocenters. The van der Waals surface area contributed by atoms with Crippen LogP contribution in [0.25, 0.3) is 0 Å². The fourth-order valence-corrected chi connectivity index (χ4v) is 2.80. The number of halogens is 2. The van der Waals surface area contributed by atoms with E-state index < -0.39 is 0 Å². The van der Waals surface area contributed by atoms with Crippen molar-refractivity contribution in [3.05, 3.63) is 46.2 Å². The van der Waals surface area contributed by atoms with E-state index in [1.54, 1.807) is 30.6 Å². The first-order valence-electron chi connectivity index (χ1n) is 6.94. The molecule has 3 rings (SSSR count). The monoisotopic (exact) mass is 339 g/mol. The van der Waals surface area contributed by atoms with Crippen LogP contribution in [0, 0.1) is 0 Å². The average molecular weight is 340 g/mol. The first-order valence-corrected chi connectivity index (χ1v) is 7.70. The minimum atomic E-state index is -0.304. The van der Waals surface area contributed by atoms with Crippen molar-refractivity contribution >= 4 is 29.2 Å². The lowest BCUT2D eigenvalue weighted by Gasteiger charge is -2.15. The van der Waals surface area contributed by atoms with Crippen molar-refractivity contribution in [2.75, 3.05) is 18.0 Å². The smallest absolute Gasteiger partial charge is 0.225 e. The second-order valence-electron chi connectivity index (χ2n) is 5.10. The fraction of sp³-hybridized carbons (Fsp3) is 0.333. The van der Waals surface area contributed by atoms with E-state index in [2.05, 4.69) is 9.97 Å². The molecule has 1 aliphatic rings. The molecule has 0 aliphatic carbocycles. The van der Waals surface area contributed by atoms with Crippen LogP contribution in [0.5, 0.6) is 5.75 Å². The van der Waals surface area contributed by atoms with Gasteiger partial charge in [0, 0.05) is 28.7 Å². The lowest BCUT2D eigenvalue weighted by Crippen LogP contribution is -2.23. The number of anilines is 1. The Labute approximate surface area is 138 Å². The Hall–Kier alpha value is -1.56. The van der Waals surface area contributed by atoms with Gasteiger partial charge in [0.05, 0.1) is 18.5 Å². The van der Waals surface area contributed by atoms with Crippen LogP contribution in [0.2, 0.25) is 10.0 Å². The third kappa shape index (κ3) is 3.43. The maximum atomic E-state index is 9.53. The number of aliphatic hydroxyl groups is 1. The van der Waals surface area contributed by atoms with Crippen molar-refractivity contribution in [3.8, 4) is 5.75 Å². The van der Waals surface area contributed by atoms with Crippen LogP contribution in [0.3, 0.4) is 0 Å². The predicted octanol–water partition coefficient (Wildman–Crippen LogP) is 2.93. The largest absolute Gasteiger partial charge is 0.486 e. The van der Waals surface area contributed by atoms with Gasteiger partial charge in [-0.1, -0.05) is 29.3 Å². The summed E-state index contributed by atoms with van der Waals surface area (Å²) in [6.07, 6.45) is 3.66. The third-order valence-corrected chi connectivity index (χ3v) is 4.21. The van der Waals surface area contributed by atoms with E-state index in [1.807, 2.05) is 4.90 Å². The van der Waals surface area contributed by atoms with Gasteiger partial charge in [0.15, 0.2) is 5.75 Å². The lowest BCUT2D eigenvalue weighted by molar-refractivity contribution is 0.198. The van der Waals surface area contributed by atoms with Crippen molar-refractivity contribution in [2.45, 2.75) is 19.1 Å². The summed E-state index contributed by atoms with van der Waals surface area (Å²) in [6.45, 7) is 1.58. The number of nitrogens with zero attached hydrogens (tertiary/aromatic N) is 3. The normalized spacial score (nSPS) is 17.8. The van der Waals surface area contributed by atoms with E-state index in [0.29, 0.717) is 28.3 Å². The Bertz CT molecular complexity index is 631. The molecule has 0 saturated carbocycles. The van der Waals surface area contributed by atoms with Crippen LogP contribution in [-0.4, -0.2) is 34.3 Å². The molecule has 1 aromatic carbocycles. The quantitative estimate of drug-likeness (QED) is 0.927. The Morgan fingerprint density at radius 3 is 2.50 bits per heavy atom. The van der Waals surface area contributed by atoms with E-state index in [4.69, 9.17) is 27.9 Å². The molecule has 0 radical (unpaired) electrons. The van der Waals surface area contributed by atoms with Gasteiger partial charge in [-0.05, 0) is 18.6 Å². The van der Waals surface area contributed by atoms with Gasteiger partial charge in [-0.2, -0.15) is 0 Å². The number of rotatable bonds is 4. The fourth-order valence-electron chi connectivity index (χ4n) is 2.30. The topological polar surface area (TPSA) is 58.5 Å².